The number of hydrogen-bond acceptors (Lipinski definition) is 1. The van der Waals surface area contributed by atoms with E-state index in [0.29, 0.717) is 6.07 Å². The van der Waals surface area contributed by atoms with Crippen LogP contribution in [0.1, 0.15) is 23.6 Å². The molecule has 0 N–H and O–H groups in total. The molecule has 27 heavy (non-hydrogen) atoms. The Labute approximate surface area is 163 Å². The molecule has 0 aromatic heterocycles. The molecule has 0 amide bonds. The van der Waals surface area contributed by atoms with E-state index in [1.54, 1.807) is 6.07 Å². The zero-order valence-corrected chi connectivity index (χ0v) is 15.7. The summed E-state index contributed by atoms with van der Waals surface area (Å²) in [4.78, 5) is 0. The van der Waals surface area contributed by atoms with Gasteiger partial charge in [0, 0.05) is 20.8 Å². The first-order valence-corrected chi connectivity index (χ1v) is 8.52. The molecule has 0 saturated carbocycles. The van der Waals surface area contributed by atoms with E-state index in [2.05, 4.69) is 6.07 Å². The summed E-state index contributed by atoms with van der Waals surface area (Å²) in [6, 6.07) is 9.83. The molecule has 0 aliphatic carbocycles. The molecule has 0 atom stereocenters. The van der Waals surface area contributed by atoms with Gasteiger partial charge in [0.2, 0.25) is 0 Å². The van der Waals surface area contributed by atoms with Gasteiger partial charge in [-0.15, -0.1) is 0 Å². The fourth-order valence-electron chi connectivity index (χ4n) is 2.53. The van der Waals surface area contributed by atoms with Crippen molar-refractivity contribution in [3.05, 3.63) is 56.7 Å². The van der Waals surface area contributed by atoms with Crippen molar-refractivity contribution in [2.75, 3.05) is 0 Å². The summed E-state index contributed by atoms with van der Waals surface area (Å²) in [7, 11) is 0. The van der Waals surface area contributed by atoms with Crippen LogP contribution in [0.15, 0.2) is 30.3 Å². The predicted molar refractivity (Wildman–Crippen MR) is 92.4 cm³/mol. The SMILES string of the molecule is CCc1[c]c(I)c(-c2ccc(C#N)cc2)c(C(F)(C(F)(F)F)C(F)(F)F)c1. The number of aryl methyl sites for hydroxylation is 1. The topological polar surface area (TPSA) is 23.8 Å². The van der Waals surface area contributed by atoms with Gasteiger partial charge in [-0.3, -0.25) is 0 Å². The summed E-state index contributed by atoms with van der Waals surface area (Å²) in [5.74, 6) is 0. The summed E-state index contributed by atoms with van der Waals surface area (Å²) >= 11 is 1.53. The number of benzene rings is 2. The fourth-order valence-corrected chi connectivity index (χ4v) is 3.47. The summed E-state index contributed by atoms with van der Waals surface area (Å²) in [5.41, 5.74) is -7.56. The molecular weight excluding hydrogens is 490 g/mol. The van der Waals surface area contributed by atoms with Crippen LogP contribution in [0.3, 0.4) is 0 Å². The second-order valence-electron chi connectivity index (χ2n) is 5.59. The van der Waals surface area contributed by atoms with E-state index in [4.69, 9.17) is 5.26 Å². The molecule has 2 rings (SSSR count). The van der Waals surface area contributed by atoms with Crippen molar-refractivity contribution in [3.8, 4) is 17.2 Å². The lowest BCUT2D eigenvalue weighted by Crippen LogP contribution is -2.50. The van der Waals surface area contributed by atoms with E-state index in [0.717, 1.165) is 0 Å². The lowest BCUT2D eigenvalue weighted by Gasteiger charge is -2.32. The third-order valence-corrected chi connectivity index (χ3v) is 4.72. The highest BCUT2D eigenvalue weighted by Gasteiger charge is 2.74. The van der Waals surface area contributed by atoms with Gasteiger partial charge in [0.05, 0.1) is 11.6 Å². The molecule has 143 valence electrons. The molecule has 0 aliphatic rings. The number of hydrogen-bond donors (Lipinski definition) is 0. The van der Waals surface area contributed by atoms with E-state index in [1.165, 1.54) is 53.8 Å². The lowest BCUT2D eigenvalue weighted by atomic mass is 9.85. The van der Waals surface area contributed by atoms with Gasteiger partial charge in [-0.25, -0.2) is 4.39 Å². The van der Waals surface area contributed by atoms with Gasteiger partial charge in [0.25, 0.3) is 0 Å². The highest BCUT2D eigenvalue weighted by atomic mass is 127. The zero-order valence-electron chi connectivity index (χ0n) is 13.6. The van der Waals surface area contributed by atoms with Gasteiger partial charge in [-0.1, -0.05) is 25.1 Å². The van der Waals surface area contributed by atoms with Crippen LogP contribution in [0, 0.1) is 21.0 Å². The van der Waals surface area contributed by atoms with Crippen LogP contribution in [0.4, 0.5) is 30.7 Å². The number of halogens is 8. The van der Waals surface area contributed by atoms with Crippen molar-refractivity contribution >= 4 is 22.6 Å². The Hall–Kier alpha value is -1.83. The van der Waals surface area contributed by atoms with E-state index in [-0.39, 0.29) is 26.7 Å². The molecule has 1 nitrogen and oxygen atoms in total. The molecule has 0 bridgehead atoms. The minimum Gasteiger partial charge on any atom is -0.218 e. The third-order valence-electron chi connectivity index (χ3n) is 3.91. The second-order valence-corrected chi connectivity index (χ2v) is 6.67. The van der Waals surface area contributed by atoms with Crippen LogP contribution >= 0.6 is 22.6 Å². The summed E-state index contributed by atoms with van der Waals surface area (Å²) in [6.07, 6.45) is -12.4. The van der Waals surface area contributed by atoms with Gasteiger partial charge < -0.3 is 0 Å². The Morgan fingerprint density at radius 3 is 1.93 bits per heavy atom. The van der Waals surface area contributed by atoms with E-state index < -0.39 is 29.1 Å². The van der Waals surface area contributed by atoms with Gasteiger partial charge in [-0.2, -0.15) is 31.6 Å². The second kappa shape index (κ2) is 7.30. The number of rotatable bonds is 3. The maximum absolute atomic E-state index is 14.8. The van der Waals surface area contributed by atoms with E-state index in [9.17, 15) is 30.7 Å². The van der Waals surface area contributed by atoms with Crippen molar-refractivity contribution in [1.29, 1.82) is 5.26 Å². The van der Waals surface area contributed by atoms with Gasteiger partial charge in [-0.05, 0) is 52.3 Å². The zero-order chi connectivity index (χ0) is 20.6. The lowest BCUT2D eigenvalue weighted by molar-refractivity contribution is -0.348. The number of nitrogens with zero attached hydrogens (tertiary/aromatic N) is 1. The molecule has 0 unspecified atom stereocenters. The minimum atomic E-state index is -6.22. The Balaban J connectivity index is 2.92. The first-order chi connectivity index (χ1) is 12.4. The summed E-state index contributed by atoms with van der Waals surface area (Å²) < 4.78 is 94.6. The number of nitriles is 1. The average molecular weight is 500 g/mol. The number of alkyl halides is 7. The first-order valence-electron chi connectivity index (χ1n) is 7.44. The van der Waals surface area contributed by atoms with Crippen LogP contribution in [0.5, 0.6) is 0 Å². The van der Waals surface area contributed by atoms with Crippen molar-refractivity contribution in [3.63, 3.8) is 0 Å². The van der Waals surface area contributed by atoms with E-state index in [1.807, 2.05) is 0 Å². The molecule has 1 radical (unpaired) electrons. The molecule has 9 heteroatoms. The average Bonchev–Trinajstić information content (AvgIpc) is 2.58. The highest BCUT2D eigenvalue weighted by molar-refractivity contribution is 14.1. The Morgan fingerprint density at radius 2 is 1.52 bits per heavy atom. The van der Waals surface area contributed by atoms with Crippen LogP contribution in [-0.2, 0) is 12.1 Å². The van der Waals surface area contributed by atoms with Crippen LogP contribution in [-0.4, -0.2) is 12.4 Å². The Morgan fingerprint density at radius 1 is 1.00 bits per heavy atom. The minimum absolute atomic E-state index is 0.0160. The molecule has 2 aromatic rings. The fraction of sp³-hybridized carbons (Fsp3) is 0.278. The smallest absolute Gasteiger partial charge is 0.218 e. The van der Waals surface area contributed by atoms with Crippen LogP contribution < -0.4 is 0 Å². The molecule has 0 fully saturated rings. The molecule has 0 spiro atoms. The maximum Gasteiger partial charge on any atom is 0.435 e. The normalized spacial score (nSPS) is 12.7. The standard InChI is InChI=1S/C18H10F7IN/c1-2-10-7-13(16(19,17(20,21)22)18(23,24)25)15(14(26)8-10)12-5-3-11(9-27)4-6-12/h3-7H,2H2,1H3. The van der Waals surface area contributed by atoms with Crippen molar-refractivity contribution in [2.45, 2.75) is 31.4 Å². The van der Waals surface area contributed by atoms with Crippen molar-refractivity contribution in [2.24, 2.45) is 0 Å². The van der Waals surface area contributed by atoms with Crippen molar-refractivity contribution < 1.29 is 30.7 Å². The van der Waals surface area contributed by atoms with E-state index >= 15 is 0 Å². The molecule has 0 aliphatic heterocycles. The van der Waals surface area contributed by atoms with Crippen LogP contribution in [0.25, 0.3) is 11.1 Å². The van der Waals surface area contributed by atoms with Crippen LogP contribution in [0.2, 0.25) is 0 Å². The first kappa shape index (κ1) is 21.5. The summed E-state index contributed by atoms with van der Waals surface area (Å²) in [6.45, 7) is 1.51. The van der Waals surface area contributed by atoms with Gasteiger partial charge in [0.15, 0.2) is 0 Å². The maximum atomic E-state index is 14.8. The quantitative estimate of drug-likeness (QED) is 0.350. The highest BCUT2D eigenvalue weighted by Crippen LogP contribution is 2.56. The molecule has 0 saturated heterocycles. The monoisotopic (exact) mass is 500 g/mol. The largest absolute Gasteiger partial charge is 0.435 e. The van der Waals surface area contributed by atoms with Crippen molar-refractivity contribution in [1.82, 2.24) is 0 Å². The molecule has 0 heterocycles. The van der Waals surface area contributed by atoms with Gasteiger partial charge in [0.1, 0.15) is 0 Å². The Kier molecular flexibility index (Phi) is 5.80. The third kappa shape index (κ3) is 3.77. The van der Waals surface area contributed by atoms with Gasteiger partial charge >= 0.3 is 18.0 Å². The molecule has 2 aromatic carbocycles. The molecular formula is C18H10F7IN. The Bertz CT molecular complexity index is 863. The predicted octanol–water partition coefficient (Wildman–Crippen LogP) is 6.48. The summed E-state index contributed by atoms with van der Waals surface area (Å²) in [5, 5.41) is 8.80.